The molecule has 1 N–H and O–H groups in total. The van der Waals surface area contributed by atoms with Gasteiger partial charge in [0.25, 0.3) is 0 Å². The molecule has 0 amide bonds. The minimum Gasteiger partial charge on any atom is -0.369 e. The Kier molecular flexibility index (Phi) is 4.58. The summed E-state index contributed by atoms with van der Waals surface area (Å²) in [5.74, 6) is 1.77. The molecule has 0 spiro atoms. The predicted octanol–water partition coefficient (Wildman–Crippen LogP) is 3.46. The fourth-order valence-electron chi connectivity index (χ4n) is 2.28. The van der Waals surface area contributed by atoms with Gasteiger partial charge in [-0.2, -0.15) is 0 Å². The molecule has 116 valence electrons. The monoisotopic (exact) mass is 335 g/mol. The van der Waals surface area contributed by atoms with Crippen molar-refractivity contribution in [2.75, 3.05) is 18.1 Å². The van der Waals surface area contributed by atoms with Gasteiger partial charge >= 0.3 is 0 Å². The van der Waals surface area contributed by atoms with Gasteiger partial charge in [-0.15, -0.1) is 11.3 Å². The van der Waals surface area contributed by atoms with Crippen LogP contribution in [0.2, 0.25) is 0 Å². The number of thioether (sulfide) groups is 1. The van der Waals surface area contributed by atoms with Crippen LogP contribution in [0.4, 0.5) is 5.82 Å². The van der Waals surface area contributed by atoms with Crippen LogP contribution in [0.1, 0.15) is 23.4 Å². The van der Waals surface area contributed by atoms with Crippen molar-refractivity contribution in [1.82, 2.24) is 20.1 Å². The number of hydrogen-bond acceptors (Lipinski definition) is 8. The van der Waals surface area contributed by atoms with Gasteiger partial charge in [0, 0.05) is 12.1 Å². The molecule has 0 radical (unpaired) electrons. The molecule has 0 aliphatic heterocycles. The third-order valence-corrected chi connectivity index (χ3v) is 5.46. The molecule has 0 fully saturated rings. The van der Waals surface area contributed by atoms with Gasteiger partial charge < -0.3 is 9.84 Å². The smallest absolute Gasteiger partial charge is 0.176 e. The van der Waals surface area contributed by atoms with Gasteiger partial charge in [-0.1, -0.05) is 16.9 Å². The van der Waals surface area contributed by atoms with Crippen LogP contribution in [0.15, 0.2) is 15.2 Å². The van der Waals surface area contributed by atoms with Crippen molar-refractivity contribution >= 4 is 39.3 Å². The number of rotatable bonds is 6. The standard InChI is InChI=1S/C14H17N5OS2/c1-8-10(9(2)20-19-8)5-4-6-15-12-11-13(17-7-16-12)18-14(21-3)22-11/h7H,4-6H2,1-3H3,(H,15,16,17). The molecule has 0 aliphatic rings. The summed E-state index contributed by atoms with van der Waals surface area (Å²) in [6.45, 7) is 4.77. The molecular formula is C14H17N5OS2. The molecule has 8 heteroatoms. The maximum absolute atomic E-state index is 5.18. The van der Waals surface area contributed by atoms with Crippen LogP contribution in [0.25, 0.3) is 10.3 Å². The Morgan fingerprint density at radius 2 is 2.18 bits per heavy atom. The van der Waals surface area contributed by atoms with Crippen LogP contribution in [0, 0.1) is 13.8 Å². The Hall–Kier alpha value is -1.67. The quantitative estimate of drug-likeness (QED) is 0.546. The molecule has 3 heterocycles. The van der Waals surface area contributed by atoms with Crippen LogP contribution in [0.3, 0.4) is 0 Å². The number of fused-ring (bicyclic) bond motifs is 1. The van der Waals surface area contributed by atoms with Crippen molar-refractivity contribution in [3.8, 4) is 0 Å². The number of thiazole rings is 1. The highest BCUT2D eigenvalue weighted by Crippen LogP contribution is 2.30. The van der Waals surface area contributed by atoms with Gasteiger partial charge in [0.15, 0.2) is 9.99 Å². The zero-order valence-electron chi connectivity index (χ0n) is 12.7. The molecule has 0 bridgehead atoms. The van der Waals surface area contributed by atoms with E-state index in [1.165, 1.54) is 5.56 Å². The first-order valence-electron chi connectivity index (χ1n) is 7.00. The van der Waals surface area contributed by atoms with Gasteiger partial charge in [0.05, 0.1) is 5.69 Å². The Labute approximate surface area is 136 Å². The van der Waals surface area contributed by atoms with Crippen molar-refractivity contribution < 1.29 is 4.52 Å². The van der Waals surface area contributed by atoms with Crippen LogP contribution in [-0.4, -0.2) is 32.9 Å². The highest BCUT2D eigenvalue weighted by molar-refractivity contribution is 8.00. The number of anilines is 1. The normalized spacial score (nSPS) is 11.2. The summed E-state index contributed by atoms with van der Waals surface area (Å²) in [5, 5.41) is 7.37. The van der Waals surface area contributed by atoms with E-state index in [4.69, 9.17) is 4.52 Å². The summed E-state index contributed by atoms with van der Waals surface area (Å²) in [6, 6.07) is 0. The molecule has 0 saturated carbocycles. The Morgan fingerprint density at radius 1 is 1.32 bits per heavy atom. The Morgan fingerprint density at radius 3 is 2.91 bits per heavy atom. The van der Waals surface area contributed by atoms with Crippen LogP contribution in [0.5, 0.6) is 0 Å². The van der Waals surface area contributed by atoms with E-state index in [1.807, 2.05) is 20.1 Å². The van der Waals surface area contributed by atoms with E-state index in [9.17, 15) is 0 Å². The lowest BCUT2D eigenvalue weighted by atomic mass is 10.1. The fourth-order valence-corrected chi connectivity index (χ4v) is 3.76. The van der Waals surface area contributed by atoms with Gasteiger partial charge in [-0.05, 0) is 32.9 Å². The number of aryl methyl sites for hydroxylation is 2. The van der Waals surface area contributed by atoms with Crippen LogP contribution >= 0.6 is 23.1 Å². The molecule has 3 rings (SSSR count). The van der Waals surface area contributed by atoms with Crippen molar-refractivity contribution in [2.24, 2.45) is 0 Å². The molecule has 6 nitrogen and oxygen atoms in total. The SMILES string of the molecule is CSc1nc2ncnc(NCCCc3c(C)noc3C)c2s1. The first-order chi connectivity index (χ1) is 10.7. The summed E-state index contributed by atoms with van der Waals surface area (Å²) in [6.07, 6.45) is 5.51. The van der Waals surface area contributed by atoms with E-state index in [2.05, 4.69) is 25.4 Å². The summed E-state index contributed by atoms with van der Waals surface area (Å²) >= 11 is 3.25. The highest BCUT2D eigenvalue weighted by atomic mass is 32.2. The number of nitrogens with one attached hydrogen (secondary N) is 1. The molecule has 0 atom stereocenters. The minimum absolute atomic E-state index is 0.762. The second kappa shape index (κ2) is 6.62. The maximum Gasteiger partial charge on any atom is 0.176 e. The lowest BCUT2D eigenvalue weighted by molar-refractivity contribution is 0.392. The Balaban J connectivity index is 1.63. The highest BCUT2D eigenvalue weighted by Gasteiger charge is 2.11. The van der Waals surface area contributed by atoms with E-state index >= 15 is 0 Å². The molecule has 0 saturated heterocycles. The summed E-state index contributed by atoms with van der Waals surface area (Å²) < 4.78 is 7.21. The zero-order chi connectivity index (χ0) is 15.5. The van der Waals surface area contributed by atoms with E-state index in [-0.39, 0.29) is 0 Å². The van der Waals surface area contributed by atoms with Gasteiger partial charge in [0.1, 0.15) is 22.6 Å². The second-order valence-corrected chi connectivity index (χ2v) is 6.94. The first kappa shape index (κ1) is 15.2. The van der Waals surface area contributed by atoms with E-state index in [0.717, 1.165) is 51.3 Å². The lowest BCUT2D eigenvalue weighted by Gasteiger charge is -2.05. The molecule has 22 heavy (non-hydrogen) atoms. The van der Waals surface area contributed by atoms with Crippen LogP contribution in [-0.2, 0) is 6.42 Å². The molecule has 3 aromatic rings. The third-order valence-electron chi connectivity index (χ3n) is 3.42. The predicted molar refractivity (Wildman–Crippen MR) is 89.8 cm³/mol. The summed E-state index contributed by atoms with van der Waals surface area (Å²) in [4.78, 5) is 13.0. The average molecular weight is 335 g/mol. The van der Waals surface area contributed by atoms with E-state index in [0.29, 0.717) is 0 Å². The van der Waals surface area contributed by atoms with Crippen molar-refractivity contribution in [3.63, 3.8) is 0 Å². The molecule has 0 aromatic carbocycles. The number of nitrogens with zero attached hydrogens (tertiary/aromatic N) is 4. The number of aromatic nitrogens is 4. The summed E-state index contributed by atoms with van der Waals surface area (Å²) in [7, 11) is 0. The van der Waals surface area contributed by atoms with E-state index in [1.54, 1.807) is 29.4 Å². The number of hydrogen-bond donors (Lipinski definition) is 1. The fraction of sp³-hybridized carbons (Fsp3) is 0.429. The van der Waals surface area contributed by atoms with Gasteiger partial charge in [-0.3, -0.25) is 0 Å². The topological polar surface area (TPSA) is 76.7 Å². The van der Waals surface area contributed by atoms with Gasteiger partial charge in [-0.25, -0.2) is 15.0 Å². The van der Waals surface area contributed by atoms with Crippen molar-refractivity contribution in [3.05, 3.63) is 23.3 Å². The Bertz CT molecular complexity index is 763. The zero-order valence-corrected chi connectivity index (χ0v) is 14.3. The lowest BCUT2D eigenvalue weighted by Crippen LogP contribution is -2.05. The summed E-state index contributed by atoms with van der Waals surface area (Å²) in [5.41, 5.74) is 2.95. The molecule has 0 unspecified atom stereocenters. The minimum atomic E-state index is 0.762. The first-order valence-corrected chi connectivity index (χ1v) is 9.04. The molecule has 0 aliphatic carbocycles. The molecule has 3 aromatic heterocycles. The van der Waals surface area contributed by atoms with Gasteiger partial charge in [0.2, 0.25) is 0 Å². The van der Waals surface area contributed by atoms with Crippen molar-refractivity contribution in [2.45, 2.75) is 31.0 Å². The molecular weight excluding hydrogens is 318 g/mol. The maximum atomic E-state index is 5.18. The largest absolute Gasteiger partial charge is 0.369 e. The average Bonchev–Trinajstić information content (AvgIpc) is 3.08. The van der Waals surface area contributed by atoms with Crippen molar-refractivity contribution in [1.29, 1.82) is 0 Å². The van der Waals surface area contributed by atoms with Crippen LogP contribution < -0.4 is 5.32 Å². The second-order valence-electron chi connectivity index (χ2n) is 4.89. The third kappa shape index (κ3) is 3.07. The van der Waals surface area contributed by atoms with E-state index < -0.39 is 0 Å².